The topological polar surface area (TPSA) is 80.4 Å². The van der Waals surface area contributed by atoms with E-state index < -0.39 is 12.0 Å². The van der Waals surface area contributed by atoms with Crippen molar-refractivity contribution in [3.05, 3.63) is 35.9 Å². The average Bonchev–Trinajstić information content (AvgIpc) is 2.30. The third kappa shape index (κ3) is 9.81. The SMILES string of the molecule is Cl.NC(Cc1ccccc1)C(=O)O.O=CCCl. The van der Waals surface area contributed by atoms with Crippen LogP contribution < -0.4 is 5.73 Å². The molecule has 0 saturated heterocycles. The molecule has 0 radical (unpaired) electrons. The van der Waals surface area contributed by atoms with Crippen molar-refractivity contribution in [2.24, 2.45) is 5.73 Å². The predicted molar refractivity (Wildman–Crippen MR) is 69.8 cm³/mol. The Morgan fingerprint density at radius 3 is 2.24 bits per heavy atom. The highest BCUT2D eigenvalue weighted by atomic mass is 35.5. The third-order valence-corrected chi connectivity index (χ3v) is 1.80. The molecule has 1 aromatic carbocycles. The maximum absolute atomic E-state index is 10.4. The fourth-order valence-electron chi connectivity index (χ4n) is 0.955. The first-order valence-corrected chi connectivity index (χ1v) is 5.17. The van der Waals surface area contributed by atoms with Crippen molar-refractivity contribution in [1.29, 1.82) is 0 Å². The first kappa shape index (κ1) is 18.3. The molecule has 96 valence electrons. The minimum Gasteiger partial charge on any atom is -0.480 e. The van der Waals surface area contributed by atoms with E-state index in [0.29, 0.717) is 12.7 Å². The first-order chi connectivity index (χ1) is 7.61. The Balaban J connectivity index is 0. The summed E-state index contributed by atoms with van der Waals surface area (Å²) in [6, 6.07) is 8.54. The van der Waals surface area contributed by atoms with E-state index in [9.17, 15) is 4.79 Å². The molecule has 0 aliphatic heterocycles. The van der Waals surface area contributed by atoms with Gasteiger partial charge in [-0.05, 0) is 12.0 Å². The summed E-state index contributed by atoms with van der Waals surface area (Å²) in [4.78, 5) is 19.4. The number of nitrogens with two attached hydrogens (primary N) is 1. The summed E-state index contributed by atoms with van der Waals surface area (Å²) in [5.41, 5.74) is 6.30. The minimum absolute atomic E-state index is 0. The average molecular weight is 280 g/mol. The van der Waals surface area contributed by atoms with E-state index in [-0.39, 0.29) is 18.3 Å². The lowest BCUT2D eigenvalue weighted by Crippen LogP contribution is -2.32. The number of alkyl halides is 1. The van der Waals surface area contributed by atoms with Gasteiger partial charge in [0, 0.05) is 0 Å². The van der Waals surface area contributed by atoms with Crippen molar-refractivity contribution in [3.63, 3.8) is 0 Å². The van der Waals surface area contributed by atoms with Gasteiger partial charge in [-0.2, -0.15) is 0 Å². The Labute approximate surface area is 111 Å². The van der Waals surface area contributed by atoms with Gasteiger partial charge in [0.2, 0.25) is 0 Å². The van der Waals surface area contributed by atoms with Crippen LogP contribution in [0.3, 0.4) is 0 Å². The summed E-state index contributed by atoms with van der Waals surface area (Å²) in [5, 5.41) is 8.52. The van der Waals surface area contributed by atoms with Crippen molar-refractivity contribution < 1.29 is 14.7 Å². The number of carbonyl (C=O) groups excluding carboxylic acids is 1. The lowest BCUT2D eigenvalue weighted by molar-refractivity contribution is -0.138. The fourth-order valence-corrected chi connectivity index (χ4v) is 0.955. The molecule has 4 nitrogen and oxygen atoms in total. The van der Waals surface area contributed by atoms with E-state index in [1.54, 1.807) is 0 Å². The molecule has 0 aliphatic carbocycles. The number of carboxylic acid groups (broad SMARTS) is 1. The summed E-state index contributed by atoms with van der Waals surface area (Å²) in [5.74, 6) is -0.848. The lowest BCUT2D eigenvalue weighted by atomic mass is 10.1. The van der Waals surface area contributed by atoms with Crippen LogP contribution in [0.5, 0.6) is 0 Å². The number of rotatable bonds is 4. The van der Waals surface area contributed by atoms with Crippen molar-refractivity contribution in [1.82, 2.24) is 0 Å². The highest BCUT2D eigenvalue weighted by molar-refractivity contribution is 6.24. The standard InChI is InChI=1S/C9H11NO2.C2H3ClO.ClH/c10-8(9(11)12)6-7-4-2-1-3-5-7;3-1-2-4;/h1-5,8H,6,10H2,(H,11,12);2H,1H2;1H. The van der Waals surface area contributed by atoms with E-state index in [1.807, 2.05) is 30.3 Å². The van der Waals surface area contributed by atoms with Crippen LogP contribution in [0, 0.1) is 0 Å². The molecule has 3 N–H and O–H groups in total. The van der Waals surface area contributed by atoms with Crippen LogP contribution in [0.25, 0.3) is 0 Å². The third-order valence-electron chi connectivity index (χ3n) is 1.68. The molecule has 1 atom stereocenters. The molecule has 1 rings (SSSR count). The van der Waals surface area contributed by atoms with Gasteiger partial charge in [-0.3, -0.25) is 4.79 Å². The molecule has 0 aromatic heterocycles. The molecular weight excluding hydrogens is 265 g/mol. The smallest absolute Gasteiger partial charge is 0.320 e. The van der Waals surface area contributed by atoms with Gasteiger partial charge in [0.15, 0.2) is 0 Å². The molecule has 0 spiro atoms. The Bertz CT molecular complexity index is 320. The predicted octanol–water partition coefficient (Wildman–Crippen LogP) is 1.49. The van der Waals surface area contributed by atoms with E-state index in [4.69, 9.17) is 27.2 Å². The normalized spacial score (nSPS) is 10.2. The van der Waals surface area contributed by atoms with Gasteiger partial charge in [0.25, 0.3) is 0 Å². The van der Waals surface area contributed by atoms with E-state index in [0.717, 1.165) is 5.56 Å². The van der Waals surface area contributed by atoms with Crippen LogP contribution in [0.15, 0.2) is 30.3 Å². The number of hydrogen-bond donors (Lipinski definition) is 2. The van der Waals surface area contributed by atoms with Gasteiger partial charge in [-0.15, -0.1) is 24.0 Å². The van der Waals surface area contributed by atoms with Gasteiger partial charge in [-0.25, -0.2) is 0 Å². The van der Waals surface area contributed by atoms with Crippen molar-refractivity contribution >= 4 is 36.3 Å². The molecule has 6 heteroatoms. The molecule has 0 amide bonds. The Morgan fingerprint density at radius 1 is 1.41 bits per heavy atom. The van der Waals surface area contributed by atoms with Crippen LogP contribution in [0.2, 0.25) is 0 Å². The maximum Gasteiger partial charge on any atom is 0.320 e. The van der Waals surface area contributed by atoms with Gasteiger partial charge in [0.05, 0.1) is 5.88 Å². The maximum atomic E-state index is 10.4. The molecule has 0 aliphatic rings. The number of halogens is 2. The Morgan fingerprint density at radius 2 is 1.88 bits per heavy atom. The number of aldehydes is 1. The molecular formula is C11H15Cl2NO3. The van der Waals surface area contributed by atoms with E-state index >= 15 is 0 Å². The van der Waals surface area contributed by atoms with E-state index in [2.05, 4.69) is 0 Å². The number of hydrogen-bond acceptors (Lipinski definition) is 3. The lowest BCUT2D eigenvalue weighted by Gasteiger charge is -2.04. The van der Waals surface area contributed by atoms with Gasteiger partial charge >= 0.3 is 5.97 Å². The van der Waals surface area contributed by atoms with Crippen LogP contribution in [-0.2, 0) is 16.0 Å². The molecule has 0 saturated carbocycles. The highest BCUT2D eigenvalue weighted by Gasteiger charge is 2.10. The van der Waals surface area contributed by atoms with Crippen molar-refractivity contribution in [2.75, 3.05) is 5.88 Å². The summed E-state index contributed by atoms with van der Waals surface area (Å²) in [6.45, 7) is 0. The van der Waals surface area contributed by atoms with E-state index in [1.165, 1.54) is 0 Å². The van der Waals surface area contributed by atoms with Crippen LogP contribution in [0.1, 0.15) is 5.56 Å². The molecule has 0 heterocycles. The molecule has 0 bridgehead atoms. The summed E-state index contributed by atoms with van der Waals surface area (Å²) >= 11 is 4.82. The number of carboxylic acids is 1. The zero-order chi connectivity index (χ0) is 12.4. The molecule has 1 aromatic rings. The van der Waals surface area contributed by atoms with Gasteiger partial charge in [0.1, 0.15) is 12.3 Å². The summed E-state index contributed by atoms with van der Waals surface area (Å²) in [7, 11) is 0. The quantitative estimate of drug-likeness (QED) is 0.646. The second kappa shape index (κ2) is 11.4. The molecule has 1 unspecified atom stereocenters. The monoisotopic (exact) mass is 279 g/mol. The second-order valence-corrected chi connectivity index (χ2v) is 3.26. The van der Waals surface area contributed by atoms with Crippen molar-refractivity contribution in [2.45, 2.75) is 12.5 Å². The zero-order valence-electron chi connectivity index (χ0n) is 9.08. The summed E-state index contributed by atoms with van der Waals surface area (Å²) < 4.78 is 0. The van der Waals surface area contributed by atoms with Gasteiger partial charge < -0.3 is 15.6 Å². The highest BCUT2D eigenvalue weighted by Crippen LogP contribution is 2.01. The van der Waals surface area contributed by atoms with Crippen LogP contribution in [0.4, 0.5) is 0 Å². The Hall–Kier alpha value is -1.10. The van der Waals surface area contributed by atoms with Crippen molar-refractivity contribution in [3.8, 4) is 0 Å². The number of carbonyl (C=O) groups is 2. The largest absolute Gasteiger partial charge is 0.480 e. The molecule has 17 heavy (non-hydrogen) atoms. The Kier molecular flexibility index (Phi) is 12.2. The van der Waals surface area contributed by atoms with Crippen LogP contribution in [-0.4, -0.2) is 29.3 Å². The minimum atomic E-state index is -0.959. The number of aliphatic carboxylic acids is 1. The first-order valence-electron chi connectivity index (χ1n) is 4.63. The zero-order valence-corrected chi connectivity index (χ0v) is 10.7. The fraction of sp³-hybridized carbons (Fsp3) is 0.273. The number of benzene rings is 1. The van der Waals surface area contributed by atoms with Crippen LogP contribution >= 0.6 is 24.0 Å². The second-order valence-electron chi connectivity index (χ2n) is 2.96. The molecule has 0 fully saturated rings. The summed E-state index contributed by atoms with van der Waals surface area (Å²) in [6.07, 6.45) is 1.03. The van der Waals surface area contributed by atoms with Gasteiger partial charge in [-0.1, -0.05) is 30.3 Å².